The number of benzene rings is 1. The van der Waals surface area contributed by atoms with E-state index in [0.29, 0.717) is 0 Å². The Morgan fingerprint density at radius 1 is 1.00 bits per heavy atom. The Kier molecular flexibility index (Phi) is 3.87. The molecule has 1 aliphatic heterocycles. The van der Waals surface area contributed by atoms with Crippen molar-refractivity contribution in [3.8, 4) is 0 Å². The minimum Gasteiger partial charge on any atom is -0.346 e. The van der Waals surface area contributed by atoms with E-state index in [4.69, 9.17) is 4.99 Å². The summed E-state index contributed by atoms with van der Waals surface area (Å²) in [4.78, 5) is 4.71. The van der Waals surface area contributed by atoms with E-state index in [9.17, 15) is 0 Å². The van der Waals surface area contributed by atoms with Gasteiger partial charge in [-0.15, -0.1) is 0 Å². The van der Waals surface area contributed by atoms with Crippen molar-refractivity contribution in [2.45, 2.75) is 20.3 Å². The summed E-state index contributed by atoms with van der Waals surface area (Å²) >= 11 is 0. The molecule has 0 amide bonds. The summed E-state index contributed by atoms with van der Waals surface area (Å²) in [5.41, 5.74) is 6.26. The minimum absolute atomic E-state index is 0.731. The molecule has 0 radical (unpaired) electrons. The highest BCUT2D eigenvalue weighted by atomic mass is 15.0. The number of nitrogens with one attached hydrogen (secondary N) is 1. The Labute approximate surface area is 126 Å². The summed E-state index contributed by atoms with van der Waals surface area (Å²) in [6.45, 7) is 4.95. The van der Waals surface area contributed by atoms with Gasteiger partial charge in [0, 0.05) is 6.20 Å². The molecule has 0 atom stereocenters. The van der Waals surface area contributed by atoms with E-state index in [2.05, 4.69) is 73.9 Å². The van der Waals surface area contributed by atoms with Crippen LogP contribution in [-0.4, -0.2) is 12.4 Å². The van der Waals surface area contributed by atoms with Crippen LogP contribution in [0, 0.1) is 6.92 Å². The van der Waals surface area contributed by atoms with Crippen molar-refractivity contribution < 1.29 is 0 Å². The van der Waals surface area contributed by atoms with Crippen LogP contribution in [0.4, 0.5) is 0 Å². The van der Waals surface area contributed by atoms with Gasteiger partial charge in [-0.2, -0.15) is 0 Å². The quantitative estimate of drug-likeness (QED) is 0.861. The van der Waals surface area contributed by atoms with Crippen LogP contribution in [0.2, 0.25) is 0 Å². The van der Waals surface area contributed by atoms with Gasteiger partial charge in [0.05, 0.1) is 6.54 Å². The predicted octanol–water partition coefficient (Wildman–Crippen LogP) is 4.17. The molecule has 0 fully saturated rings. The van der Waals surface area contributed by atoms with Crippen LogP contribution in [0.5, 0.6) is 0 Å². The molecular formula is C19H20N2. The number of nitrogens with zero attached hydrogens (tertiary/aromatic N) is 1. The van der Waals surface area contributed by atoms with Crippen LogP contribution in [0.1, 0.15) is 24.5 Å². The highest BCUT2D eigenvalue weighted by molar-refractivity contribution is 6.01. The zero-order valence-corrected chi connectivity index (χ0v) is 12.6. The predicted molar refractivity (Wildman–Crippen MR) is 90.2 cm³/mol. The fourth-order valence-electron chi connectivity index (χ4n) is 2.45. The van der Waals surface area contributed by atoms with Gasteiger partial charge in [-0.3, -0.25) is 4.99 Å². The fraction of sp³-hybridized carbons (Fsp3) is 0.211. The van der Waals surface area contributed by atoms with Gasteiger partial charge in [0.25, 0.3) is 0 Å². The van der Waals surface area contributed by atoms with Crippen LogP contribution in [-0.2, 0) is 0 Å². The molecule has 2 aliphatic rings. The summed E-state index contributed by atoms with van der Waals surface area (Å²) in [7, 11) is 0. The van der Waals surface area contributed by atoms with Gasteiger partial charge >= 0.3 is 0 Å². The lowest BCUT2D eigenvalue weighted by molar-refractivity contribution is 1.09. The second kappa shape index (κ2) is 5.96. The highest BCUT2D eigenvalue weighted by Gasteiger charge is 2.11. The first-order chi connectivity index (χ1) is 10.2. The third-order valence-electron chi connectivity index (χ3n) is 3.78. The lowest BCUT2D eigenvalue weighted by atomic mass is 10.0. The lowest BCUT2D eigenvalue weighted by Crippen LogP contribution is -2.24. The topological polar surface area (TPSA) is 24.4 Å². The Morgan fingerprint density at radius 2 is 1.81 bits per heavy atom. The van der Waals surface area contributed by atoms with Gasteiger partial charge < -0.3 is 5.32 Å². The first-order valence-electron chi connectivity index (χ1n) is 7.34. The molecule has 106 valence electrons. The largest absolute Gasteiger partial charge is 0.346 e. The molecule has 0 bridgehead atoms. The van der Waals surface area contributed by atoms with Gasteiger partial charge in [-0.1, -0.05) is 59.7 Å². The average Bonchev–Trinajstić information content (AvgIpc) is 2.73. The molecule has 2 heteroatoms. The maximum absolute atomic E-state index is 4.71. The SMILES string of the molecule is CC1=CC=C(C2=NCC(c3ccc(C)cc3)=CN2)CC=C1. The molecule has 1 N–H and O–H groups in total. The molecule has 0 saturated heterocycles. The Bertz CT molecular complexity index is 683. The van der Waals surface area contributed by atoms with Crippen LogP contribution < -0.4 is 5.32 Å². The molecule has 0 aromatic heterocycles. The fourth-order valence-corrected chi connectivity index (χ4v) is 2.45. The van der Waals surface area contributed by atoms with Gasteiger partial charge in [0.15, 0.2) is 0 Å². The molecule has 21 heavy (non-hydrogen) atoms. The van der Waals surface area contributed by atoms with Gasteiger partial charge in [0.2, 0.25) is 0 Å². The number of amidine groups is 1. The standard InChI is InChI=1S/C19H20N2/c1-14-4-3-5-17(11-8-14)19-20-12-18(13-21-19)16-9-6-15(2)7-10-16/h3-4,6-12H,5,13H2,1-2H3,(H,20,21). The Morgan fingerprint density at radius 3 is 2.52 bits per heavy atom. The zero-order valence-electron chi connectivity index (χ0n) is 12.6. The monoisotopic (exact) mass is 276 g/mol. The van der Waals surface area contributed by atoms with Crippen molar-refractivity contribution in [2.75, 3.05) is 6.54 Å². The highest BCUT2D eigenvalue weighted by Crippen LogP contribution is 2.19. The maximum atomic E-state index is 4.71. The molecule has 0 unspecified atom stereocenters. The number of hydrogen-bond donors (Lipinski definition) is 1. The normalized spacial score (nSPS) is 18.0. The summed E-state index contributed by atoms with van der Waals surface area (Å²) < 4.78 is 0. The molecule has 0 spiro atoms. The van der Waals surface area contributed by atoms with Crippen LogP contribution in [0.15, 0.2) is 70.9 Å². The van der Waals surface area contributed by atoms with Crippen LogP contribution in [0.3, 0.4) is 0 Å². The van der Waals surface area contributed by atoms with E-state index in [1.807, 2.05) is 0 Å². The molecule has 1 heterocycles. The molecule has 1 aromatic rings. The minimum atomic E-state index is 0.731. The van der Waals surface area contributed by atoms with Crippen molar-refractivity contribution in [3.05, 3.63) is 77.0 Å². The first kappa shape index (κ1) is 13.6. The van der Waals surface area contributed by atoms with E-state index in [1.165, 1.54) is 27.8 Å². The van der Waals surface area contributed by atoms with Crippen LogP contribution in [0.25, 0.3) is 5.57 Å². The number of allylic oxidation sites excluding steroid dienone is 5. The maximum Gasteiger partial charge on any atom is 0.128 e. The average molecular weight is 276 g/mol. The number of rotatable bonds is 2. The molecule has 3 rings (SSSR count). The molecule has 1 aliphatic carbocycles. The van der Waals surface area contributed by atoms with Crippen molar-refractivity contribution in [1.82, 2.24) is 5.32 Å². The molecule has 1 aromatic carbocycles. The smallest absolute Gasteiger partial charge is 0.128 e. The molecular weight excluding hydrogens is 256 g/mol. The molecule has 2 nitrogen and oxygen atoms in total. The van der Waals surface area contributed by atoms with E-state index < -0.39 is 0 Å². The van der Waals surface area contributed by atoms with Crippen molar-refractivity contribution in [1.29, 1.82) is 0 Å². The zero-order chi connectivity index (χ0) is 14.7. The Balaban J connectivity index is 1.74. The van der Waals surface area contributed by atoms with E-state index >= 15 is 0 Å². The van der Waals surface area contributed by atoms with E-state index in [1.54, 1.807) is 0 Å². The van der Waals surface area contributed by atoms with Crippen molar-refractivity contribution >= 4 is 11.4 Å². The second-order valence-electron chi connectivity index (χ2n) is 5.55. The third kappa shape index (κ3) is 3.22. The lowest BCUT2D eigenvalue weighted by Gasteiger charge is -2.17. The van der Waals surface area contributed by atoms with Crippen molar-refractivity contribution in [2.24, 2.45) is 4.99 Å². The Hall–Kier alpha value is -2.35. The number of aliphatic imine (C=N–C) groups is 1. The van der Waals surface area contributed by atoms with Gasteiger partial charge in [-0.05, 0) is 37.0 Å². The molecule has 0 saturated carbocycles. The van der Waals surface area contributed by atoms with Gasteiger partial charge in [-0.25, -0.2) is 0 Å². The first-order valence-corrected chi connectivity index (χ1v) is 7.34. The van der Waals surface area contributed by atoms with E-state index in [-0.39, 0.29) is 0 Å². The van der Waals surface area contributed by atoms with E-state index in [0.717, 1.165) is 18.8 Å². The summed E-state index contributed by atoms with van der Waals surface area (Å²) in [5, 5.41) is 3.35. The van der Waals surface area contributed by atoms with Gasteiger partial charge in [0.1, 0.15) is 5.84 Å². The van der Waals surface area contributed by atoms with Crippen LogP contribution >= 0.6 is 0 Å². The van der Waals surface area contributed by atoms with Crippen molar-refractivity contribution in [3.63, 3.8) is 0 Å². The summed E-state index contributed by atoms with van der Waals surface area (Å²) in [5.74, 6) is 0.987. The number of aryl methyl sites for hydroxylation is 1. The summed E-state index contributed by atoms with van der Waals surface area (Å²) in [6, 6.07) is 8.59. The third-order valence-corrected chi connectivity index (χ3v) is 3.78. The second-order valence-corrected chi connectivity index (χ2v) is 5.55. The number of hydrogen-bond acceptors (Lipinski definition) is 2. The summed E-state index contributed by atoms with van der Waals surface area (Å²) in [6.07, 6.45) is 11.6.